The van der Waals surface area contributed by atoms with E-state index in [1.807, 2.05) is 19.9 Å². The minimum Gasteiger partial charge on any atom is -0.448 e. The standard InChI is InChI=1S/C31H42FN9O3/c1-6-38-11-13-39(14-12-38)28-17-26(34-27-16-22(5)41(37-27)31(43)44-19-20(2)3)35-30(36-28)33-23-9-10-40(18-23)29(42)24-8-7-21(4)15-25(24)32/h7-8,15-17,20,23H,6,9-14,18-19H2,1-5H3,(H2,33,34,35,36,37)/t23-/m0/s1. The second kappa shape index (κ2) is 13.6. The van der Waals surface area contributed by atoms with Crippen molar-refractivity contribution in [2.75, 3.05) is 68.0 Å². The van der Waals surface area contributed by atoms with E-state index >= 15 is 0 Å². The molecule has 2 saturated heterocycles. The molecule has 0 aliphatic carbocycles. The number of halogens is 1. The second-order valence-corrected chi connectivity index (χ2v) is 11.9. The van der Waals surface area contributed by atoms with E-state index in [-0.39, 0.29) is 23.4 Å². The number of ether oxygens (including phenoxy) is 1. The van der Waals surface area contributed by atoms with Crippen molar-refractivity contribution in [2.24, 2.45) is 5.92 Å². The molecular formula is C31H42FN9O3. The highest BCUT2D eigenvalue weighted by Crippen LogP contribution is 2.25. The molecule has 1 atom stereocenters. The van der Waals surface area contributed by atoms with Gasteiger partial charge in [0.1, 0.15) is 17.5 Å². The quantitative estimate of drug-likeness (QED) is 0.365. The first-order chi connectivity index (χ1) is 21.1. The molecule has 2 N–H and O–H groups in total. The summed E-state index contributed by atoms with van der Waals surface area (Å²) in [6, 6.07) is 8.20. The lowest BCUT2D eigenvalue weighted by Gasteiger charge is -2.35. The number of likely N-dealkylation sites (N-methyl/N-ethyl adjacent to an activating group) is 1. The summed E-state index contributed by atoms with van der Waals surface area (Å²) < 4.78 is 21.1. The fourth-order valence-electron chi connectivity index (χ4n) is 5.38. The molecule has 2 aromatic heterocycles. The van der Waals surface area contributed by atoms with Gasteiger partial charge in [-0.05, 0) is 50.4 Å². The molecule has 5 rings (SSSR count). The molecule has 0 spiro atoms. The molecule has 4 heterocycles. The average molecular weight is 608 g/mol. The molecule has 0 saturated carbocycles. The summed E-state index contributed by atoms with van der Waals surface area (Å²) in [6.45, 7) is 15.4. The minimum atomic E-state index is -0.533. The number of aromatic nitrogens is 4. The van der Waals surface area contributed by atoms with Crippen LogP contribution in [0.5, 0.6) is 0 Å². The van der Waals surface area contributed by atoms with Gasteiger partial charge in [0, 0.05) is 63.1 Å². The van der Waals surface area contributed by atoms with Gasteiger partial charge in [0.05, 0.1) is 12.2 Å². The largest absolute Gasteiger partial charge is 0.448 e. The van der Waals surface area contributed by atoms with E-state index in [2.05, 4.69) is 32.5 Å². The maximum atomic E-state index is 14.5. The maximum Gasteiger partial charge on any atom is 0.434 e. The summed E-state index contributed by atoms with van der Waals surface area (Å²) in [4.78, 5) is 41.4. The molecule has 2 aliphatic heterocycles. The van der Waals surface area contributed by atoms with Crippen molar-refractivity contribution in [2.45, 2.75) is 47.1 Å². The van der Waals surface area contributed by atoms with Gasteiger partial charge in [-0.15, -0.1) is 5.10 Å². The maximum absolute atomic E-state index is 14.5. The lowest BCUT2D eigenvalue weighted by Crippen LogP contribution is -2.46. The van der Waals surface area contributed by atoms with Crippen LogP contribution in [0.1, 0.15) is 48.8 Å². The fraction of sp³-hybridized carbons (Fsp3) is 0.516. The first-order valence-corrected chi connectivity index (χ1v) is 15.3. The van der Waals surface area contributed by atoms with Gasteiger partial charge in [0.2, 0.25) is 5.95 Å². The van der Waals surface area contributed by atoms with E-state index in [9.17, 15) is 14.0 Å². The Bertz CT molecular complexity index is 1490. The summed E-state index contributed by atoms with van der Waals surface area (Å²) >= 11 is 0. The van der Waals surface area contributed by atoms with Gasteiger partial charge in [-0.1, -0.05) is 26.8 Å². The normalized spacial score (nSPS) is 17.3. The van der Waals surface area contributed by atoms with E-state index in [0.717, 1.165) is 44.1 Å². The number of anilines is 4. The molecular weight excluding hydrogens is 565 g/mol. The summed E-state index contributed by atoms with van der Waals surface area (Å²) in [5, 5.41) is 11.0. The molecule has 12 nitrogen and oxygen atoms in total. The Labute approximate surface area is 257 Å². The van der Waals surface area contributed by atoms with E-state index in [0.29, 0.717) is 49.4 Å². The van der Waals surface area contributed by atoms with E-state index in [1.54, 1.807) is 36.9 Å². The van der Waals surface area contributed by atoms with Gasteiger partial charge >= 0.3 is 6.09 Å². The number of benzene rings is 1. The zero-order valence-corrected chi connectivity index (χ0v) is 26.1. The van der Waals surface area contributed by atoms with Crippen LogP contribution < -0.4 is 15.5 Å². The second-order valence-electron chi connectivity index (χ2n) is 11.9. The highest BCUT2D eigenvalue weighted by Gasteiger charge is 2.29. The van der Waals surface area contributed by atoms with Crippen LogP contribution in [0.25, 0.3) is 0 Å². The molecule has 13 heteroatoms. The van der Waals surface area contributed by atoms with Gasteiger partial charge < -0.3 is 30.1 Å². The Morgan fingerprint density at radius 3 is 2.52 bits per heavy atom. The molecule has 1 amide bonds. The number of carbonyl (C=O) groups is 2. The number of rotatable bonds is 9. The van der Waals surface area contributed by atoms with Crippen molar-refractivity contribution in [3.8, 4) is 0 Å². The number of hydrogen-bond acceptors (Lipinski definition) is 10. The molecule has 0 unspecified atom stereocenters. The zero-order valence-electron chi connectivity index (χ0n) is 26.1. The number of aryl methyl sites for hydroxylation is 2. The van der Waals surface area contributed by atoms with Crippen LogP contribution in [-0.4, -0.2) is 100 Å². The predicted molar refractivity (Wildman–Crippen MR) is 167 cm³/mol. The number of amides is 1. The topological polar surface area (TPSA) is 121 Å². The SMILES string of the molecule is CCN1CCN(c2cc(Nc3cc(C)n(C(=O)OCC(C)C)n3)nc(N[C@H]3CCN(C(=O)c4ccc(C)cc4F)C3)n2)CC1. The summed E-state index contributed by atoms with van der Waals surface area (Å²) in [5.74, 6) is 1.53. The van der Waals surface area contributed by atoms with Crippen molar-refractivity contribution in [3.05, 3.63) is 53.0 Å². The Hall–Kier alpha value is -4.26. The van der Waals surface area contributed by atoms with Crippen molar-refractivity contribution < 1.29 is 18.7 Å². The van der Waals surface area contributed by atoms with Gasteiger partial charge in [0.15, 0.2) is 5.82 Å². The predicted octanol–water partition coefficient (Wildman–Crippen LogP) is 4.28. The summed E-state index contributed by atoms with van der Waals surface area (Å²) in [5.41, 5.74) is 1.48. The number of nitrogens with zero attached hydrogens (tertiary/aromatic N) is 7. The van der Waals surface area contributed by atoms with Gasteiger partial charge in [-0.25, -0.2) is 9.18 Å². The Morgan fingerprint density at radius 1 is 1.05 bits per heavy atom. The van der Waals surface area contributed by atoms with Crippen molar-refractivity contribution in [1.29, 1.82) is 0 Å². The first-order valence-electron chi connectivity index (χ1n) is 15.3. The number of piperazine rings is 1. The van der Waals surface area contributed by atoms with Gasteiger partial charge in [0.25, 0.3) is 5.91 Å². The van der Waals surface area contributed by atoms with Crippen LogP contribution in [-0.2, 0) is 4.74 Å². The van der Waals surface area contributed by atoms with Crippen molar-refractivity contribution >= 4 is 35.4 Å². The van der Waals surface area contributed by atoms with E-state index < -0.39 is 11.9 Å². The Morgan fingerprint density at radius 2 is 1.82 bits per heavy atom. The van der Waals surface area contributed by atoms with Crippen LogP contribution in [0.2, 0.25) is 0 Å². The summed E-state index contributed by atoms with van der Waals surface area (Å²) in [7, 11) is 0. The van der Waals surface area contributed by atoms with Crippen LogP contribution in [0.4, 0.5) is 32.6 Å². The molecule has 3 aromatic rings. The number of nitrogens with one attached hydrogen (secondary N) is 2. The van der Waals surface area contributed by atoms with Gasteiger partial charge in [-0.2, -0.15) is 14.6 Å². The molecule has 0 radical (unpaired) electrons. The van der Waals surface area contributed by atoms with E-state index in [1.165, 1.54) is 10.7 Å². The molecule has 2 aliphatic rings. The zero-order chi connectivity index (χ0) is 31.4. The smallest absolute Gasteiger partial charge is 0.434 e. The lowest BCUT2D eigenvalue weighted by atomic mass is 10.1. The van der Waals surface area contributed by atoms with Crippen molar-refractivity contribution in [3.63, 3.8) is 0 Å². The third-order valence-corrected chi connectivity index (χ3v) is 7.88. The van der Waals surface area contributed by atoms with Crippen molar-refractivity contribution in [1.82, 2.24) is 29.5 Å². The Kier molecular flexibility index (Phi) is 9.62. The highest BCUT2D eigenvalue weighted by molar-refractivity contribution is 5.94. The summed E-state index contributed by atoms with van der Waals surface area (Å²) in [6.07, 6.45) is 0.141. The number of carbonyl (C=O) groups excluding carboxylic acids is 2. The van der Waals surface area contributed by atoms with Crippen LogP contribution >= 0.6 is 0 Å². The molecule has 236 valence electrons. The molecule has 2 fully saturated rings. The molecule has 44 heavy (non-hydrogen) atoms. The Balaban J connectivity index is 1.33. The van der Waals surface area contributed by atoms with Crippen LogP contribution in [0.15, 0.2) is 30.3 Å². The first kappa shape index (κ1) is 31.2. The minimum absolute atomic E-state index is 0.0787. The highest BCUT2D eigenvalue weighted by atomic mass is 19.1. The molecule has 0 bridgehead atoms. The fourth-order valence-corrected chi connectivity index (χ4v) is 5.38. The third kappa shape index (κ3) is 7.44. The van der Waals surface area contributed by atoms with Crippen LogP contribution in [0, 0.1) is 25.6 Å². The number of likely N-dealkylation sites (tertiary alicyclic amines) is 1. The lowest BCUT2D eigenvalue weighted by molar-refractivity contribution is 0.0787. The van der Waals surface area contributed by atoms with Crippen LogP contribution in [0.3, 0.4) is 0 Å². The van der Waals surface area contributed by atoms with E-state index in [4.69, 9.17) is 14.7 Å². The average Bonchev–Trinajstić information content (AvgIpc) is 3.61. The monoisotopic (exact) mass is 607 g/mol. The number of hydrogen-bond donors (Lipinski definition) is 2. The van der Waals surface area contributed by atoms with Gasteiger partial charge in [-0.3, -0.25) is 4.79 Å². The third-order valence-electron chi connectivity index (χ3n) is 7.88. The molecule has 1 aromatic carbocycles.